The molecule has 2 heterocycles. The molecule has 1 saturated heterocycles. The molecule has 0 saturated carbocycles. The number of phenolic OH excluding ortho intramolecular Hbond substituents is 2. The second-order valence-corrected chi connectivity index (χ2v) is 14.1. The van der Waals surface area contributed by atoms with Gasteiger partial charge in [-0.1, -0.05) is 31.2 Å². The maximum absolute atomic E-state index is 13.9. The van der Waals surface area contributed by atoms with E-state index in [-0.39, 0.29) is 64.7 Å². The molecule has 1 fully saturated rings. The maximum atomic E-state index is 13.9. The molecule has 2 aliphatic heterocycles. The first-order chi connectivity index (χ1) is 25.7. The van der Waals surface area contributed by atoms with Gasteiger partial charge >= 0.3 is 0 Å². The van der Waals surface area contributed by atoms with Crippen molar-refractivity contribution >= 4 is 41.5 Å². The first-order valence-corrected chi connectivity index (χ1v) is 17.8. The van der Waals surface area contributed by atoms with Crippen LogP contribution in [0.2, 0.25) is 0 Å². The zero-order chi connectivity index (χ0) is 39.1. The molecular weight excluding hydrogens is 740 g/mol. The molecule has 2 aromatic rings. The highest BCUT2D eigenvalue weighted by atomic mass is 35.5. The van der Waals surface area contributed by atoms with Crippen molar-refractivity contribution in [2.75, 3.05) is 13.2 Å². The molecule has 16 nitrogen and oxygen atoms in total. The number of aromatic hydroxyl groups is 2. The summed E-state index contributed by atoms with van der Waals surface area (Å²) in [5.74, 6) is -3.70. The van der Waals surface area contributed by atoms with E-state index in [0.29, 0.717) is 31.5 Å². The number of amides is 2. The monoisotopic (exact) mass is 784 g/mol. The third-order valence-electron chi connectivity index (χ3n) is 10.5. The fraction of sp³-hybridized carbons (Fsp3) is 0.447. The fourth-order valence-corrected chi connectivity index (χ4v) is 7.62. The lowest BCUT2D eigenvalue weighted by Crippen LogP contribution is -2.53. The van der Waals surface area contributed by atoms with E-state index in [2.05, 4.69) is 17.1 Å². The van der Waals surface area contributed by atoms with Crippen molar-refractivity contribution in [3.05, 3.63) is 81.6 Å². The summed E-state index contributed by atoms with van der Waals surface area (Å²) >= 11 is 0. The SMILES string of the molecule is C=C1C=CC(=O)N1CCCCCC(=O)N/N=C(\CO)[C@]1(O)Cc2c(O)c3c(c(O)c2[C@@H](O[C@H]2C[C@@H](N)[C@@H](O)C(C)O2)C1)C(=O)c1c(CO)cccc1C3=O.Cl. The molecule has 6 atom stereocenters. The van der Waals surface area contributed by atoms with Crippen molar-refractivity contribution in [3.8, 4) is 11.5 Å². The number of hydrogen-bond acceptors (Lipinski definition) is 14. The van der Waals surface area contributed by atoms with Gasteiger partial charge < -0.3 is 50.7 Å². The Hall–Kier alpha value is -4.52. The number of phenols is 2. The van der Waals surface area contributed by atoms with E-state index in [4.69, 9.17) is 15.2 Å². The van der Waals surface area contributed by atoms with E-state index in [1.807, 2.05) is 0 Å². The number of fused-ring (bicyclic) bond motifs is 3. The summed E-state index contributed by atoms with van der Waals surface area (Å²) in [5.41, 5.74) is 5.19. The summed E-state index contributed by atoms with van der Waals surface area (Å²) in [6.45, 7) is 4.41. The largest absolute Gasteiger partial charge is 0.507 e. The number of nitrogens with two attached hydrogens (primary N) is 1. The second-order valence-electron chi connectivity index (χ2n) is 14.1. The predicted octanol–water partition coefficient (Wildman–Crippen LogP) is 1.28. The number of carbonyl (C=O) groups excluding carboxylic acids is 4. The number of aliphatic hydroxyl groups is 4. The van der Waals surface area contributed by atoms with E-state index in [9.17, 15) is 49.8 Å². The number of rotatable bonds is 12. The number of halogens is 1. The lowest BCUT2D eigenvalue weighted by Gasteiger charge is -2.43. The Bertz CT molecular complexity index is 1940. The third-order valence-corrected chi connectivity index (χ3v) is 10.5. The highest BCUT2D eigenvalue weighted by Gasteiger charge is 2.49. The molecule has 2 aliphatic carbocycles. The Morgan fingerprint density at radius 1 is 1.09 bits per heavy atom. The Morgan fingerprint density at radius 3 is 2.47 bits per heavy atom. The molecular formula is C38H45ClN4O12. The zero-order valence-corrected chi connectivity index (χ0v) is 30.9. The first-order valence-electron chi connectivity index (χ1n) is 17.8. The highest BCUT2D eigenvalue weighted by Crippen LogP contribution is 2.52. The number of nitrogens with zero attached hydrogens (tertiary/aromatic N) is 2. The van der Waals surface area contributed by atoms with Gasteiger partial charge in [0.2, 0.25) is 5.91 Å². The molecule has 4 aliphatic rings. The lowest BCUT2D eigenvalue weighted by atomic mass is 9.71. The van der Waals surface area contributed by atoms with Gasteiger partial charge in [-0.05, 0) is 31.4 Å². The van der Waals surface area contributed by atoms with Crippen LogP contribution in [0, 0.1) is 0 Å². The van der Waals surface area contributed by atoms with E-state index < -0.39 is 102 Å². The van der Waals surface area contributed by atoms with Gasteiger partial charge in [0.1, 0.15) is 17.1 Å². The van der Waals surface area contributed by atoms with Crippen LogP contribution in [0.25, 0.3) is 0 Å². The lowest BCUT2D eigenvalue weighted by molar-refractivity contribution is -0.245. The summed E-state index contributed by atoms with van der Waals surface area (Å²) in [5, 5.41) is 70.4. The average Bonchev–Trinajstić information content (AvgIpc) is 3.46. The number of nitrogens with one attached hydrogen (secondary N) is 1. The van der Waals surface area contributed by atoms with Crippen molar-refractivity contribution in [3.63, 3.8) is 0 Å². The van der Waals surface area contributed by atoms with E-state index >= 15 is 0 Å². The van der Waals surface area contributed by atoms with Crippen LogP contribution in [-0.4, -0.2) is 108 Å². The smallest absolute Gasteiger partial charge is 0.251 e. The standard InChI is InChI=1S/C38H44N4O12.ClH/c1-18-10-11-27(46)42(18)12-5-3-4-9-26(45)41-40-25(17-44)38(52)14-22-30(24(15-38)54-28-13-23(39)33(47)19(2)53-28)37(51)32-31(35(22)49)34(48)21-8-6-7-20(16-43)29(21)36(32)50;/h6-8,10-11,19,23-24,28,33,43-44,47,49,51-52H,1,3-5,9,12-17,39H2,2H3,(H,41,45);1H/b40-25+;/t19?,23-,24+,28+,33+,38+;/m1./s1. The molecule has 9 N–H and O–H groups in total. The molecule has 0 radical (unpaired) electrons. The number of benzene rings is 2. The molecule has 0 spiro atoms. The normalized spacial score (nSPS) is 26.0. The van der Waals surface area contributed by atoms with Gasteiger partial charge in [-0.15, -0.1) is 12.4 Å². The number of ether oxygens (including phenoxy) is 2. The number of allylic oxidation sites excluding steroid dienone is 1. The number of unbranched alkanes of at least 4 members (excludes halogenated alkanes) is 2. The van der Waals surface area contributed by atoms with Crippen LogP contribution < -0.4 is 11.2 Å². The molecule has 2 aromatic carbocycles. The van der Waals surface area contributed by atoms with E-state index in [1.54, 1.807) is 17.9 Å². The number of aliphatic hydroxyl groups excluding tert-OH is 3. The summed E-state index contributed by atoms with van der Waals surface area (Å²) in [6.07, 6.45) is -0.464. The van der Waals surface area contributed by atoms with Gasteiger partial charge in [-0.2, -0.15) is 5.10 Å². The van der Waals surface area contributed by atoms with Crippen molar-refractivity contribution in [2.24, 2.45) is 10.8 Å². The minimum Gasteiger partial charge on any atom is -0.507 e. The van der Waals surface area contributed by atoms with Crippen molar-refractivity contribution in [2.45, 2.75) is 94.7 Å². The van der Waals surface area contributed by atoms with Crippen LogP contribution in [0.1, 0.15) is 100 Å². The Labute approximate surface area is 322 Å². The van der Waals surface area contributed by atoms with Gasteiger partial charge in [0.25, 0.3) is 5.91 Å². The summed E-state index contributed by atoms with van der Waals surface area (Å²) in [4.78, 5) is 54.0. The molecule has 2 amide bonds. The molecule has 6 rings (SSSR count). The third kappa shape index (κ3) is 7.81. The van der Waals surface area contributed by atoms with Crippen LogP contribution in [0.3, 0.4) is 0 Å². The summed E-state index contributed by atoms with van der Waals surface area (Å²) in [7, 11) is 0. The molecule has 1 unspecified atom stereocenters. The number of ketones is 2. The molecule has 0 aromatic heterocycles. The first kappa shape index (κ1) is 41.6. The minimum absolute atomic E-state index is 0. The average molecular weight is 785 g/mol. The number of hydrazone groups is 1. The molecule has 0 bridgehead atoms. The van der Waals surface area contributed by atoms with E-state index in [1.165, 1.54) is 24.3 Å². The Morgan fingerprint density at radius 2 is 1.82 bits per heavy atom. The zero-order valence-electron chi connectivity index (χ0n) is 30.1. The van der Waals surface area contributed by atoms with Gasteiger partial charge in [0.05, 0.1) is 48.4 Å². The van der Waals surface area contributed by atoms with Crippen LogP contribution in [0.15, 0.2) is 47.7 Å². The minimum atomic E-state index is -2.15. The topological polar surface area (TPSA) is 262 Å². The highest BCUT2D eigenvalue weighted by molar-refractivity contribution is 6.31. The summed E-state index contributed by atoms with van der Waals surface area (Å²) < 4.78 is 12.1. The number of carbonyl (C=O) groups is 4. The van der Waals surface area contributed by atoms with Gasteiger partial charge in [-0.25, -0.2) is 5.43 Å². The number of hydrogen-bond donors (Lipinski definition) is 8. The maximum Gasteiger partial charge on any atom is 0.251 e. The van der Waals surface area contributed by atoms with Crippen molar-refractivity contribution < 1.29 is 59.3 Å². The van der Waals surface area contributed by atoms with Gasteiger partial charge in [0.15, 0.2) is 17.9 Å². The van der Waals surface area contributed by atoms with Crippen LogP contribution in [0.5, 0.6) is 11.5 Å². The fourth-order valence-electron chi connectivity index (χ4n) is 7.62. The van der Waals surface area contributed by atoms with Gasteiger partial charge in [0, 0.05) is 72.3 Å². The summed E-state index contributed by atoms with van der Waals surface area (Å²) in [6, 6.07) is 3.51. The molecule has 55 heavy (non-hydrogen) atoms. The van der Waals surface area contributed by atoms with Crippen LogP contribution in [0.4, 0.5) is 0 Å². The molecule has 296 valence electrons. The van der Waals surface area contributed by atoms with Crippen molar-refractivity contribution in [1.82, 2.24) is 10.3 Å². The molecule has 17 heteroatoms. The Balaban J connectivity index is 0.00000580. The Kier molecular flexibility index (Phi) is 12.6. The van der Waals surface area contributed by atoms with Crippen LogP contribution >= 0.6 is 12.4 Å². The van der Waals surface area contributed by atoms with E-state index in [0.717, 1.165) is 0 Å². The van der Waals surface area contributed by atoms with Gasteiger partial charge in [-0.3, -0.25) is 19.2 Å². The quantitative estimate of drug-likeness (QED) is 0.0558. The van der Waals surface area contributed by atoms with Crippen LogP contribution in [-0.2, 0) is 32.1 Å². The predicted molar refractivity (Wildman–Crippen MR) is 197 cm³/mol. The second kappa shape index (κ2) is 16.7. The van der Waals surface area contributed by atoms with Crippen molar-refractivity contribution in [1.29, 1.82) is 0 Å².